The number of carbonyl (C=O) groups is 1. The van der Waals surface area contributed by atoms with Gasteiger partial charge in [0, 0.05) is 25.0 Å². The van der Waals surface area contributed by atoms with Gasteiger partial charge in [-0.05, 0) is 25.5 Å². The third kappa shape index (κ3) is 2.60. The van der Waals surface area contributed by atoms with Crippen molar-refractivity contribution >= 4 is 22.6 Å². The third-order valence-electron chi connectivity index (χ3n) is 4.16. The van der Waals surface area contributed by atoms with Crippen molar-refractivity contribution in [3.05, 3.63) is 59.2 Å². The minimum atomic E-state index is -0.941. The maximum Gasteiger partial charge on any atom is 0.338 e. The van der Waals surface area contributed by atoms with Gasteiger partial charge in [0.05, 0.1) is 22.5 Å². The highest BCUT2D eigenvalue weighted by molar-refractivity contribution is 6.10. The molecule has 0 atom stereocenters. The van der Waals surface area contributed by atoms with Crippen LogP contribution < -0.4 is 4.90 Å². The Morgan fingerprint density at radius 1 is 1.08 bits per heavy atom. The molecule has 3 aromatic rings. The van der Waals surface area contributed by atoms with Gasteiger partial charge in [0.1, 0.15) is 0 Å². The van der Waals surface area contributed by atoms with Gasteiger partial charge in [0.15, 0.2) is 0 Å². The molecular formula is C20H20N2O2. The molecule has 24 heavy (non-hydrogen) atoms. The number of aryl methyl sites for hydroxylation is 2. The summed E-state index contributed by atoms with van der Waals surface area (Å²) in [6.45, 7) is 4.07. The maximum absolute atomic E-state index is 12.0. The molecule has 0 bridgehead atoms. The molecule has 0 aliphatic rings. The third-order valence-corrected chi connectivity index (χ3v) is 4.16. The Labute approximate surface area is 141 Å². The molecule has 0 aliphatic heterocycles. The molecule has 4 nitrogen and oxygen atoms in total. The van der Waals surface area contributed by atoms with Gasteiger partial charge in [-0.25, -0.2) is 9.78 Å². The molecule has 0 aliphatic carbocycles. The number of hydrogen-bond donors (Lipinski definition) is 1. The van der Waals surface area contributed by atoms with Crippen LogP contribution in [-0.2, 0) is 0 Å². The van der Waals surface area contributed by atoms with E-state index < -0.39 is 5.97 Å². The van der Waals surface area contributed by atoms with Crippen molar-refractivity contribution in [2.45, 2.75) is 13.8 Å². The van der Waals surface area contributed by atoms with Gasteiger partial charge >= 0.3 is 5.97 Å². The number of aromatic carboxylic acids is 1. The number of aromatic nitrogens is 1. The average molecular weight is 320 g/mol. The summed E-state index contributed by atoms with van der Waals surface area (Å²) in [5.74, 6) is -0.941. The quantitative estimate of drug-likeness (QED) is 0.782. The molecule has 0 fully saturated rings. The van der Waals surface area contributed by atoms with Crippen molar-refractivity contribution in [2.75, 3.05) is 19.0 Å². The van der Waals surface area contributed by atoms with Crippen LogP contribution in [0.25, 0.3) is 22.2 Å². The van der Waals surface area contributed by atoms with Crippen LogP contribution in [0.1, 0.15) is 21.5 Å². The second-order valence-electron chi connectivity index (χ2n) is 6.22. The number of rotatable bonds is 3. The summed E-state index contributed by atoms with van der Waals surface area (Å²) in [5, 5.41) is 10.5. The van der Waals surface area contributed by atoms with E-state index in [0.717, 1.165) is 11.1 Å². The van der Waals surface area contributed by atoms with Crippen LogP contribution >= 0.6 is 0 Å². The van der Waals surface area contributed by atoms with Crippen molar-refractivity contribution in [1.82, 2.24) is 4.98 Å². The predicted octanol–water partition coefficient (Wildman–Crippen LogP) is 4.28. The van der Waals surface area contributed by atoms with Gasteiger partial charge in [-0.3, -0.25) is 0 Å². The van der Waals surface area contributed by atoms with E-state index in [1.807, 2.05) is 69.2 Å². The van der Waals surface area contributed by atoms with E-state index in [4.69, 9.17) is 4.98 Å². The van der Waals surface area contributed by atoms with Gasteiger partial charge in [-0.2, -0.15) is 0 Å². The fourth-order valence-corrected chi connectivity index (χ4v) is 3.12. The summed E-state index contributed by atoms with van der Waals surface area (Å²) >= 11 is 0. The number of carboxylic acids is 1. The van der Waals surface area contributed by atoms with Crippen LogP contribution in [0.15, 0.2) is 42.5 Å². The molecule has 0 saturated carbocycles. The largest absolute Gasteiger partial charge is 0.478 e. The molecule has 1 heterocycles. The van der Waals surface area contributed by atoms with Crippen LogP contribution in [0.5, 0.6) is 0 Å². The Balaban J connectivity index is 2.47. The van der Waals surface area contributed by atoms with Crippen LogP contribution in [0.3, 0.4) is 0 Å². The molecule has 1 aromatic heterocycles. The number of hydrogen-bond acceptors (Lipinski definition) is 3. The number of anilines is 1. The number of nitrogens with zero attached hydrogens (tertiary/aromatic N) is 2. The monoisotopic (exact) mass is 320 g/mol. The minimum absolute atomic E-state index is 0.292. The zero-order valence-corrected chi connectivity index (χ0v) is 14.3. The first kappa shape index (κ1) is 16.0. The fraction of sp³-hybridized carbons (Fsp3) is 0.200. The Kier molecular flexibility index (Phi) is 3.97. The normalized spacial score (nSPS) is 10.8. The molecule has 0 unspecified atom stereocenters. The second kappa shape index (κ2) is 5.96. The van der Waals surface area contributed by atoms with Crippen LogP contribution in [0.2, 0.25) is 0 Å². The summed E-state index contributed by atoms with van der Waals surface area (Å²) in [6.07, 6.45) is 0. The van der Waals surface area contributed by atoms with Crippen molar-refractivity contribution in [2.24, 2.45) is 0 Å². The van der Waals surface area contributed by atoms with Crippen LogP contribution in [0, 0.1) is 13.8 Å². The fourth-order valence-electron chi connectivity index (χ4n) is 3.12. The highest BCUT2D eigenvalue weighted by Crippen LogP contribution is 2.37. The first-order valence-corrected chi connectivity index (χ1v) is 7.81. The molecular weight excluding hydrogens is 300 g/mol. The number of benzene rings is 2. The highest BCUT2D eigenvalue weighted by atomic mass is 16.4. The first-order valence-electron chi connectivity index (χ1n) is 7.81. The minimum Gasteiger partial charge on any atom is -0.478 e. The van der Waals surface area contributed by atoms with Gasteiger partial charge < -0.3 is 10.0 Å². The number of pyridine rings is 1. The summed E-state index contributed by atoms with van der Waals surface area (Å²) in [5.41, 5.74) is 5.52. The standard InChI is InChI=1S/C20H20N2O2/c1-12-9-10-14(13(2)11-12)18-19(22(3)4)17(20(23)24)15-7-5-6-8-16(15)21-18/h5-11H,1-4H3,(H,23,24). The summed E-state index contributed by atoms with van der Waals surface area (Å²) in [6, 6.07) is 13.5. The number of carboxylic acid groups (broad SMARTS) is 1. The molecule has 2 aromatic carbocycles. The smallest absolute Gasteiger partial charge is 0.338 e. The lowest BCUT2D eigenvalue weighted by molar-refractivity contribution is 0.0699. The molecule has 1 N–H and O–H groups in total. The number of fused-ring (bicyclic) bond motifs is 1. The van der Waals surface area contributed by atoms with E-state index in [1.165, 1.54) is 5.56 Å². The van der Waals surface area contributed by atoms with E-state index in [2.05, 4.69) is 6.07 Å². The van der Waals surface area contributed by atoms with Crippen LogP contribution in [-0.4, -0.2) is 30.2 Å². The Bertz CT molecular complexity index is 946. The molecule has 0 saturated heterocycles. The summed E-state index contributed by atoms with van der Waals surface area (Å²) in [7, 11) is 3.70. The lowest BCUT2D eigenvalue weighted by Crippen LogP contribution is -2.17. The maximum atomic E-state index is 12.0. The van der Waals surface area contributed by atoms with Crippen molar-refractivity contribution < 1.29 is 9.90 Å². The van der Waals surface area contributed by atoms with Gasteiger partial charge in [0.2, 0.25) is 0 Å². The van der Waals surface area contributed by atoms with Crippen molar-refractivity contribution in [1.29, 1.82) is 0 Å². The highest BCUT2D eigenvalue weighted by Gasteiger charge is 2.23. The SMILES string of the molecule is Cc1ccc(-c2nc3ccccc3c(C(=O)O)c2N(C)C)c(C)c1. The van der Waals surface area contributed by atoms with E-state index in [1.54, 1.807) is 0 Å². The van der Waals surface area contributed by atoms with E-state index in [0.29, 0.717) is 27.8 Å². The average Bonchev–Trinajstić information content (AvgIpc) is 2.52. The van der Waals surface area contributed by atoms with Gasteiger partial charge in [-0.1, -0.05) is 42.0 Å². The topological polar surface area (TPSA) is 53.4 Å². The van der Waals surface area contributed by atoms with Gasteiger partial charge in [0.25, 0.3) is 0 Å². The van der Waals surface area contributed by atoms with Crippen molar-refractivity contribution in [3.8, 4) is 11.3 Å². The van der Waals surface area contributed by atoms with E-state index >= 15 is 0 Å². The molecule has 0 radical (unpaired) electrons. The van der Waals surface area contributed by atoms with Crippen molar-refractivity contribution in [3.63, 3.8) is 0 Å². The summed E-state index contributed by atoms with van der Waals surface area (Å²) < 4.78 is 0. The van der Waals surface area contributed by atoms with E-state index in [-0.39, 0.29) is 0 Å². The molecule has 3 rings (SSSR count). The Morgan fingerprint density at radius 3 is 2.42 bits per heavy atom. The predicted molar refractivity (Wildman–Crippen MR) is 97.9 cm³/mol. The Hall–Kier alpha value is -2.88. The lowest BCUT2D eigenvalue weighted by atomic mass is 9.97. The molecule has 0 amide bonds. The zero-order valence-electron chi connectivity index (χ0n) is 14.3. The second-order valence-corrected chi connectivity index (χ2v) is 6.22. The Morgan fingerprint density at radius 2 is 1.79 bits per heavy atom. The van der Waals surface area contributed by atoms with Crippen LogP contribution in [0.4, 0.5) is 5.69 Å². The summed E-state index contributed by atoms with van der Waals surface area (Å²) in [4.78, 5) is 18.6. The van der Waals surface area contributed by atoms with Gasteiger partial charge in [-0.15, -0.1) is 0 Å². The number of para-hydroxylation sites is 1. The first-order chi connectivity index (χ1) is 11.4. The molecule has 0 spiro atoms. The molecule has 122 valence electrons. The lowest BCUT2D eigenvalue weighted by Gasteiger charge is -2.22. The molecule has 4 heteroatoms. The van der Waals surface area contributed by atoms with E-state index in [9.17, 15) is 9.90 Å². The zero-order chi connectivity index (χ0) is 17.4.